The molecule has 0 spiro atoms. The van der Waals surface area contributed by atoms with Crippen molar-refractivity contribution in [2.45, 2.75) is 19.9 Å². The van der Waals surface area contributed by atoms with E-state index in [0.717, 1.165) is 21.4 Å². The second-order valence-corrected chi connectivity index (χ2v) is 7.81. The SMILES string of the molecule is CCCN(Cc1nnc(-c2ccco2)o1)C(=O)C=Cc1sc2ccccc2c1Cl. The molecule has 4 aromatic rings. The number of carbonyl (C=O) groups excluding carboxylic acids is 1. The Balaban J connectivity index is 1.49. The summed E-state index contributed by atoms with van der Waals surface area (Å²) in [5.74, 6) is 1.00. The monoisotopic (exact) mass is 427 g/mol. The molecule has 0 unspecified atom stereocenters. The zero-order valence-electron chi connectivity index (χ0n) is 15.7. The van der Waals surface area contributed by atoms with Gasteiger partial charge in [0.05, 0.1) is 17.8 Å². The number of rotatable bonds is 7. The second-order valence-electron chi connectivity index (χ2n) is 6.35. The molecular formula is C21H18ClN3O3S. The van der Waals surface area contributed by atoms with Crippen LogP contribution in [0.5, 0.6) is 0 Å². The number of aromatic nitrogens is 2. The number of halogens is 1. The molecule has 6 nitrogen and oxygen atoms in total. The number of thiophene rings is 1. The van der Waals surface area contributed by atoms with Crippen molar-refractivity contribution in [1.29, 1.82) is 0 Å². The Morgan fingerprint density at radius 3 is 2.86 bits per heavy atom. The fraction of sp³-hybridized carbons (Fsp3) is 0.190. The highest BCUT2D eigenvalue weighted by Gasteiger charge is 2.17. The third-order valence-electron chi connectivity index (χ3n) is 4.27. The van der Waals surface area contributed by atoms with Crippen LogP contribution in [-0.4, -0.2) is 27.5 Å². The summed E-state index contributed by atoms with van der Waals surface area (Å²) in [6.45, 7) is 2.81. The lowest BCUT2D eigenvalue weighted by Gasteiger charge is -2.18. The van der Waals surface area contributed by atoms with E-state index in [1.54, 1.807) is 34.4 Å². The summed E-state index contributed by atoms with van der Waals surface area (Å²) in [6.07, 6.45) is 5.65. The van der Waals surface area contributed by atoms with E-state index in [-0.39, 0.29) is 12.5 Å². The molecule has 148 valence electrons. The molecule has 29 heavy (non-hydrogen) atoms. The Morgan fingerprint density at radius 2 is 2.10 bits per heavy atom. The van der Waals surface area contributed by atoms with Gasteiger partial charge in [-0.3, -0.25) is 4.79 Å². The maximum Gasteiger partial charge on any atom is 0.283 e. The highest BCUT2D eigenvalue weighted by molar-refractivity contribution is 7.20. The van der Waals surface area contributed by atoms with Gasteiger partial charge in [-0.05, 0) is 30.7 Å². The molecule has 0 aliphatic carbocycles. The molecule has 0 fully saturated rings. The molecule has 3 aromatic heterocycles. The molecule has 1 amide bonds. The molecule has 0 bridgehead atoms. The van der Waals surface area contributed by atoms with Gasteiger partial charge in [-0.2, -0.15) is 0 Å². The average molecular weight is 428 g/mol. The standard InChI is InChI=1S/C21H18ClN3O3S/c1-2-11-25(13-18-23-24-21(28-18)15-7-5-12-27-15)19(26)10-9-17-20(22)14-6-3-4-8-16(14)29-17/h3-10,12H,2,11,13H2,1H3. The fourth-order valence-corrected chi connectivity index (χ4v) is 4.31. The Bertz CT molecular complexity index is 1150. The van der Waals surface area contributed by atoms with E-state index in [2.05, 4.69) is 10.2 Å². The van der Waals surface area contributed by atoms with E-state index < -0.39 is 0 Å². The summed E-state index contributed by atoms with van der Waals surface area (Å²) < 4.78 is 12.0. The maximum absolute atomic E-state index is 12.8. The van der Waals surface area contributed by atoms with Crippen LogP contribution in [-0.2, 0) is 11.3 Å². The average Bonchev–Trinajstić information content (AvgIpc) is 3.47. The molecule has 8 heteroatoms. The summed E-state index contributed by atoms with van der Waals surface area (Å²) in [7, 11) is 0. The molecule has 0 atom stereocenters. The van der Waals surface area contributed by atoms with Crippen LogP contribution in [0.3, 0.4) is 0 Å². The summed E-state index contributed by atoms with van der Waals surface area (Å²) >= 11 is 8.01. The number of amides is 1. The van der Waals surface area contributed by atoms with Crippen molar-refractivity contribution >= 4 is 45.0 Å². The van der Waals surface area contributed by atoms with Gasteiger partial charge in [-0.15, -0.1) is 21.5 Å². The predicted octanol–water partition coefficient (Wildman–Crippen LogP) is 5.65. The van der Waals surface area contributed by atoms with Crippen molar-refractivity contribution in [3.8, 4) is 11.7 Å². The Kier molecular flexibility index (Phi) is 5.78. The van der Waals surface area contributed by atoms with Gasteiger partial charge in [-0.1, -0.05) is 36.7 Å². The topological polar surface area (TPSA) is 72.4 Å². The van der Waals surface area contributed by atoms with Gasteiger partial charge in [0, 0.05) is 27.6 Å². The maximum atomic E-state index is 12.8. The summed E-state index contributed by atoms with van der Waals surface area (Å²) in [5.41, 5.74) is 0. The van der Waals surface area contributed by atoms with Crippen LogP contribution >= 0.6 is 22.9 Å². The van der Waals surface area contributed by atoms with Crippen molar-refractivity contribution in [2.24, 2.45) is 0 Å². The van der Waals surface area contributed by atoms with Crippen LogP contribution in [0, 0.1) is 0 Å². The summed E-state index contributed by atoms with van der Waals surface area (Å²) in [6, 6.07) is 11.4. The van der Waals surface area contributed by atoms with E-state index in [1.165, 1.54) is 12.3 Å². The molecule has 0 radical (unpaired) electrons. The zero-order chi connectivity index (χ0) is 20.2. The normalized spacial score (nSPS) is 11.5. The minimum absolute atomic E-state index is 0.141. The van der Waals surface area contributed by atoms with Gasteiger partial charge in [0.15, 0.2) is 5.76 Å². The van der Waals surface area contributed by atoms with Crippen LogP contribution in [0.4, 0.5) is 0 Å². The number of hydrogen-bond donors (Lipinski definition) is 0. The van der Waals surface area contributed by atoms with Gasteiger partial charge in [-0.25, -0.2) is 0 Å². The minimum Gasteiger partial charge on any atom is -0.459 e. The van der Waals surface area contributed by atoms with Gasteiger partial charge in [0.25, 0.3) is 5.89 Å². The Morgan fingerprint density at radius 1 is 1.24 bits per heavy atom. The first kappa shape index (κ1) is 19.4. The molecular weight excluding hydrogens is 410 g/mol. The van der Waals surface area contributed by atoms with Crippen LogP contribution in [0.2, 0.25) is 5.02 Å². The molecule has 0 aliphatic rings. The van der Waals surface area contributed by atoms with E-state index in [0.29, 0.717) is 29.1 Å². The van der Waals surface area contributed by atoms with Crippen molar-refractivity contribution in [3.63, 3.8) is 0 Å². The molecule has 0 N–H and O–H groups in total. The van der Waals surface area contributed by atoms with Crippen molar-refractivity contribution in [1.82, 2.24) is 15.1 Å². The quantitative estimate of drug-likeness (QED) is 0.356. The van der Waals surface area contributed by atoms with Crippen molar-refractivity contribution in [2.75, 3.05) is 6.54 Å². The van der Waals surface area contributed by atoms with Gasteiger partial charge in [0.2, 0.25) is 11.8 Å². The molecule has 0 saturated heterocycles. The zero-order valence-corrected chi connectivity index (χ0v) is 17.2. The molecule has 0 aliphatic heterocycles. The Hall–Kier alpha value is -2.90. The van der Waals surface area contributed by atoms with Crippen molar-refractivity contribution in [3.05, 3.63) is 64.5 Å². The van der Waals surface area contributed by atoms with E-state index in [1.807, 2.05) is 31.2 Å². The predicted molar refractivity (Wildman–Crippen MR) is 114 cm³/mol. The van der Waals surface area contributed by atoms with Gasteiger partial charge < -0.3 is 13.7 Å². The van der Waals surface area contributed by atoms with Crippen LogP contribution in [0.25, 0.3) is 27.8 Å². The first-order chi connectivity index (χ1) is 14.2. The van der Waals surface area contributed by atoms with E-state index in [9.17, 15) is 4.79 Å². The number of hydrogen-bond acceptors (Lipinski definition) is 6. The molecule has 3 heterocycles. The number of carbonyl (C=O) groups is 1. The number of fused-ring (bicyclic) bond motifs is 1. The molecule has 1 aromatic carbocycles. The molecule has 0 saturated carbocycles. The summed E-state index contributed by atoms with van der Waals surface area (Å²) in [4.78, 5) is 15.3. The largest absolute Gasteiger partial charge is 0.459 e. The number of benzene rings is 1. The highest BCUT2D eigenvalue weighted by atomic mass is 35.5. The third-order valence-corrected chi connectivity index (χ3v) is 5.92. The lowest BCUT2D eigenvalue weighted by atomic mass is 10.2. The first-order valence-corrected chi connectivity index (χ1v) is 10.4. The smallest absolute Gasteiger partial charge is 0.283 e. The van der Waals surface area contributed by atoms with E-state index in [4.69, 9.17) is 20.4 Å². The third kappa shape index (κ3) is 4.26. The highest BCUT2D eigenvalue weighted by Crippen LogP contribution is 2.35. The van der Waals surface area contributed by atoms with Gasteiger partial charge >= 0.3 is 0 Å². The van der Waals surface area contributed by atoms with E-state index >= 15 is 0 Å². The van der Waals surface area contributed by atoms with Crippen LogP contribution in [0.1, 0.15) is 24.1 Å². The Labute approximate surface area is 176 Å². The molecule has 4 rings (SSSR count). The lowest BCUT2D eigenvalue weighted by molar-refractivity contribution is -0.126. The fourth-order valence-electron chi connectivity index (χ4n) is 2.91. The van der Waals surface area contributed by atoms with Gasteiger partial charge in [0.1, 0.15) is 0 Å². The van der Waals surface area contributed by atoms with Crippen LogP contribution < -0.4 is 0 Å². The van der Waals surface area contributed by atoms with Crippen LogP contribution in [0.15, 0.2) is 57.6 Å². The summed E-state index contributed by atoms with van der Waals surface area (Å²) in [5, 5.41) is 9.66. The second kappa shape index (κ2) is 8.63. The first-order valence-electron chi connectivity index (χ1n) is 9.16. The lowest BCUT2D eigenvalue weighted by Crippen LogP contribution is -2.29. The van der Waals surface area contributed by atoms with Crippen molar-refractivity contribution < 1.29 is 13.6 Å². The number of furan rings is 1. The minimum atomic E-state index is -0.141. The number of nitrogens with zero attached hydrogens (tertiary/aromatic N) is 3.